The highest BCUT2D eigenvalue weighted by Crippen LogP contribution is 2.48. The van der Waals surface area contributed by atoms with Gasteiger partial charge in [-0.15, -0.1) is 0 Å². The number of rotatable bonds is 8. The van der Waals surface area contributed by atoms with E-state index in [-0.39, 0.29) is 11.3 Å². The van der Waals surface area contributed by atoms with Gasteiger partial charge in [-0.25, -0.2) is 9.59 Å². The lowest BCUT2D eigenvalue weighted by atomic mass is 9.82. The highest BCUT2D eigenvalue weighted by molar-refractivity contribution is 5.89. The van der Waals surface area contributed by atoms with Gasteiger partial charge in [-0.05, 0) is 23.8 Å². The number of aliphatic hydroxyl groups excluding tert-OH is 6. The zero-order valence-corrected chi connectivity index (χ0v) is 21.7. The molecular weight excluding hydrogens is 552 g/mol. The van der Waals surface area contributed by atoms with Crippen LogP contribution in [0, 0.1) is 17.8 Å². The molecule has 3 aliphatic rings. The second-order valence-electron chi connectivity index (χ2n) is 9.86. The fourth-order valence-electron chi connectivity index (χ4n) is 5.24. The van der Waals surface area contributed by atoms with Crippen LogP contribution in [-0.2, 0) is 33.3 Å². The van der Waals surface area contributed by atoms with E-state index in [1.807, 2.05) is 0 Å². The van der Waals surface area contributed by atoms with Crippen molar-refractivity contribution in [3.63, 3.8) is 0 Å². The molecule has 0 aromatic heterocycles. The van der Waals surface area contributed by atoms with Crippen LogP contribution in [0.15, 0.2) is 36.1 Å². The van der Waals surface area contributed by atoms with Gasteiger partial charge in [0.05, 0.1) is 44.4 Å². The Hall–Kier alpha value is -3.28. The van der Waals surface area contributed by atoms with Crippen LogP contribution in [0.5, 0.6) is 11.5 Å². The first-order chi connectivity index (χ1) is 19.5. The summed E-state index contributed by atoms with van der Waals surface area (Å²) < 4.78 is 26.7. The van der Waals surface area contributed by atoms with E-state index in [1.165, 1.54) is 24.3 Å². The molecule has 2 aliphatic heterocycles. The molecule has 0 spiro atoms. The summed E-state index contributed by atoms with van der Waals surface area (Å²) in [5.74, 6) is -5.79. The van der Waals surface area contributed by atoms with E-state index in [9.17, 15) is 50.4 Å². The Labute approximate surface area is 233 Å². The summed E-state index contributed by atoms with van der Waals surface area (Å²) in [6, 6.07) is 3.87. The number of benzene rings is 1. The van der Waals surface area contributed by atoms with Gasteiger partial charge in [-0.3, -0.25) is 0 Å². The van der Waals surface area contributed by atoms with Gasteiger partial charge in [-0.1, -0.05) is 6.07 Å². The van der Waals surface area contributed by atoms with Crippen molar-refractivity contribution in [1.82, 2.24) is 0 Å². The van der Waals surface area contributed by atoms with Crippen molar-refractivity contribution in [2.45, 2.75) is 49.2 Å². The molecule has 1 saturated heterocycles. The van der Waals surface area contributed by atoms with E-state index < -0.39 is 97.9 Å². The lowest BCUT2D eigenvalue weighted by Crippen LogP contribution is -2.60. The molecular formula is C26H32O15. The zero-order valence-electron chi connectivity index (χ0n) is 21.7. The van der Waals surface area contributed by atoms with E-state index in [1.54, 1.807) is 0 Å². The number of phenols is 2. The molecule has 11 unspecified atom stereocenters. The maximum atomic E-state index is 12.4. The van der Waals surface area contributed by atoms with Crippen molar-refractivity contribution in [2.75, 3.05) is 20.3 Å². The molecule has 0 radical (unpaired) electrons. The summed E-state index contributed by atoms with van der Waals surface area (Å²) >= 11 is 0. The molecule has 15 nitrogen and oxygen atoms in total. The molecule has 0 bridgehead atoms. The van der Waals surface area contributed by atoms with Crippen LogP contribution in [-0.4, -0.2) is 122 Å². The van der Waals surface area contributed by atoms with Crippen LogP contribution in [0.4, 0.5) is 0 Å². The summed E-state index contributed by atoms with van der Waals surface area (Å²) in [6.07, 6.45) is -9.41. The van der Waals surface area contributed by atoms with Crippen LogP contribution < -0.4 is 0 Å². The fourth-order valence-corrected chi connectivity index (χ4v) is 5.24. The van der Waals surface area contributed by atoms with E-state index in [4.69, 9.17) is 23.7 Å². The third-order valence-corrected chi connectivity index (χ3v) is 7.44. The highest BCUT2D eigenvalue weighted by Gasteiger charge is 2.59. The molecule has 1 aromatic rings. The number of aromatic hydroxyl groups is 2. The number of ether oxygens (including phenoxy) is 5. The van der Waals surface area contributed by atoms with Gasteiger partial charge in [0.15, 0.2) is 17.8 Å². The number of hydrogen-bond acceptors (Lipinski definition) is 15. The Kier molecular flexibility index (Phi) is 9.51. The van der Waals surface area contributed by atoms with E-state index in [0.29, 0.717) is 5.56 Å². The average Bonchev–Trinajstić information content (AvgIpc) is 3.22. The van der Waals surface area contributed by atoms with Gasteiger partial charge in [0, 0.05) is 23.8 Å². The summed E-state index contributed by atoms with van der Waals surface area (Å²) in [5, 5.41) is 80.8. The van der Waals surface area contributed by atoms with Crippen molar-refractivity contribution in [1.29, 1.82) is 0 Å². The first-order valence-electron chi connectivity index (χ1n) is 12.6. The maximum Gasteiger partial charge on any atom is 0.337 e. The first kappa shape index (κ1) is 30.7. The molecule has 1 aromatic carbocycles. The number of methoxy groups -OCH3 is 1. The number of esters is 2. The topological polar surface area (TPSA) is 242 Å². The Morgan fingerprint density at radius 3 is 2.34 bits per heavy atom. The predicted octanol–water partition coefficient (Wildman–Crippen LogP) is -2.53. The molecule has 41 heavy (non-hydrogen) atoms. The molecule has 2 heterocycles. The number of carbonyl (C=O) groups excluding carboxylic acids is 2. The highest BCUT2D eigenvalue weighted by atomic mass is 16.8. The summed E-state index contributed by atoms with van der Waals surface area (Å²) in [4.78, 5) is 24.9. The standard InChI is InChI=1S/C26H32O15/c1-37-24(36)12-9-39-25(41-26-23(35)22(34)20(32)15(7-27)40-26)18-11(19(31)21(33)17(12)18)8-38-16(30)5-3-10-2-4-13(28)14(29)6-10/h2-6,9,11,15,17-23,25-29,31-35H,7-8H2,1H3. The lowest BCUT2D eigenvalue weighted by molar-refractivity contribution is -0.343. The van der Waals surface area contributed by atoms with Gasteiger partial charge in [-0.2, -0.15) is 0 Å². The zero-order chi connectivity index (χ0) is 30.0. The van der Waals surface area contributed by atoms with Crippen molar-refractivity contribution >= 4 is 18.0 Å². The van der Waals surface area contributed by atoms with Crippen LogP contribution in [0.1, 0.15) is 5.56 Å². The van der Waals surface area contributed by atoms with Crippen LogP contribution >= 0.6 is 0 Å². The number of aliphatic hydroxyl groups is 6. The average molecular weight is 585 g/mol. The van der Waals surface area contributed by atoms with Gasteiger partial charge in [0.2, 0.25) is 6.29 Å². The molecule has 11 atom stereocenters. The SMILES string of the molecule is COC(=O)C1=COC(OC2OC(CO)C(O)C(O)C2O)C2C(COC(=O)C=Cc3ccc(O)c(O)c3)C(O)C(O)C12. The van der Waals surface area contributed by atoms with E-state index in [0.717, 1.165) is 19.4 Å². The minimum atomic E-state index is -1.79. The third kappa shape index (κ3) is 6.17. The molecule has 1 aliphatic carbocycles. The molecule has 4 rings (SSSR count). The van der Waals surface area contributed by atoms with Crippen molar-refractivity contribution in [3.05, 3.63) is 41.7 Å². The van der Waals surface area contributed by atoms with Gasteiger partial charge in [0.25, 0.3) is 0 Å². The molecule has 1 saturated carbocycles. The second-order valence-corrected chi connectivity index (χ2v) is 9.86. The van der Waals surface area contributed by atoms with Crippen molar-refractivity contribution < 1.29 is 74.1 Å². The van der Waals surface area contributed by atoms with Gasteiger partial charge in [0.1, 0.15) is 24.4 Å². The molecule has 2 fully saturated rings. The lowest BCUT2D eigenvalue weighted by Gasteiger charge is -2.43. The smallest absolute Gasteiger partial charge is 0.337 e. The van der Waals surface area contributed by atoms with Gasteiger partial charge >= 0.3 is 11.9 Å². The van der Waals surface area contributed by atoms with Crippen molar-refractivity contribution in [3.8, 4) is 11.5 Å². The van der Waals surface area contributed by atoms with Crippen LogP contribution in [0.2, 0.25) is 0 Å². The largest absolute Gasteiger partial charge is 0.504 e. The Morgan fingerprint density at radius 1 is 0.951 bits per heavy atom. The summed E-state index contributed by atoms with van der Waals surface area (Å²) in [6.45, 7) is -1.21. The van der Waals surface area contributed by atoms with Gasteiger partial charge < -0.3 is 64.5 Å². The normalized spacial score (nSPS) is 36.8. The van der Waals surface area contributed by atoms with E-state index in [2.05, 4.69) is 0 Å². The first-order valence-corrected chi connectivity index (χ1v) is 12.6. The predicted molar refractivity (Wildman–Crippen MR) is 132 cm³/mol. The minimum Gasteiger partial charge on any atom is -0.504 e. The monoisotopic (exact) mass is 584 g/mol. The van der Waals surface area contributed by atoms with E-state index >= 15 is 0 Å². The Morgan fingerprint density at radius 2 is 1.68 bits per heavy atom. The molecule has 15 heteroatoms. The Balaban J connectivity index is 1.54. The quantitative estimate of drug-likeness (QED) is 0.0892. The second kappa shape index (κ2) is 12.7. The minimum absolute atomic E-state index is 0.140. The molecule has 8 N–H and O–H groups in total. The fraction of sp³-hybridized carbons (Fsp3) is 0.538. The summed E-state index contributed by atoms with van der Waals surface area (Å²) in [7, 11) is 1.10. The van der Waals surface area contributed by atoms with Crippen molar-refractivity contribution in [2.24, 2.45) is 17.8 Å². The summed E-state index contributed by atoms with van der Waals surface area (Å²) in [5.41, 5.74) is 0.230. The number of fused-ring (bicyclic) bond motifs is 1. The molecule has 0 amide bonds. The number of hydrogen-bond donors (Lipinski definition) is 8. The van der Waals surface area contributed by atoms with Crippen LogP contribution in [0.25, 0.3) is 6.08 Å². The number of phenolic OH excluding ortho intramolecular Hbond substituents is 2. The molecule has 226 valence electrons. The third-order valence-electron chi connectivity index (χ3n) is 7.44. The maximum absolute atomic E-state index is 12.4. The van der Waals surface area contributed by atoms with Crippen LogP contribution in [0.3, 0.4) is 0 Å². The Bertz CT molecular complexity index is 1170. The number of carbonyl (C=O) groups is 2.